The Morgan fingerprint density at radius 1 is 1.43 bits per heavy atom. The number of likely N-dealkylation sites (tertiary alicyclic amines) is 1. The zero-order valence-electron chi connectivity index (χ0n) is 13.7. The molecule has 2 N–H and O–H groups in total. The molecule has 4 nitrogen and oxygen atoms in total. The Hall–Kier alpha value is -1.10. The average molecular weight is 308 g/mol. The van der Waals surface area contributed by atoms with Gasteiger partial charge in [-0.15, -0.1) is 11.3 Å². The Balaban J connectivity index is 1.83. The molecule has 0 radical (unpaired) electrons. The molecule has 0 aromatic carbocycles. The predicted molar refractivity (Wildman–Crippen MR) is 91.0 cm³/mol. The Labute approximate surface area is 132 Å². The zero-order valence-corrected chi connectivity index (χ0v) is 14.5. The molecule has 1 saturated heterocycles. The van der Waals surface area contributed by atoms with Gasteiger partial charge in [0.2, 0.25) is 0 Å². The van der Waals surface area contributed by atoms with E-state index < -0.39 is 0 Å². The van der Waals surface area contributed by atoms with Crippen LogP contribution in [0, 0.1) is 5.92 Å². The van der Waals surface area contributed by atoms with E-state index in [1.54, 1.807) is 11.3 Å². The van der Waals surface area contributed by atoms with Gasteiger partial charge < -0.3 is 10.6 Å². The second kappa shape index (κ2) is 6.77. The van der Waals surface area contributed by atoms with E-state index in [0.717, 1.165) is 37.7 Å². The minimum atomic E-state index is 0.135. The van der Waals surface area contributed by atoms with Crippen LogP contribution in [0.3, 0.4) is 0 Å². The standard InChI is InChI=1S/C16H28N4S/c1-12-6-9-20(10-7-12)15(17)18-8-5-13-11-21-14(19-13)16(2,3)4/h11-12H,5-10H2,1-4H3,(H2,17,18). The van der Waals surface area contributed by atoms with Gasteiger partial charge >= 0.3 is 0 Å². The van der Waals surface area contributed by atoms with Crippen LogP contribution in [0.5, 0.6) is 0 Å². The predicted octanol–water partition coefficient (Wildman–Crippen LogP) is 3.03. The molecule has 2 rings (SSSR count). The van der Waals surface area contributed by atoms with Gasteiger partial charge in [-0.25, -0.2) is 4.98 Å². The molecule has 21 heavy (non-hydrogen) atoms. The molecule has 0 unspecified atom stereocenters. The van der Waals surface area contributed by atoms with Gasteiger partial charge in [-0.2, -0.15) is 0 Å². The van der Waals surface area contributed by atoms with Crippen molar-refractivity contribution in [2.75, 3.05) is 19.6 Å². The Bertz CT molecular complexity index is 479. The molecule has 0 saturated carbocycles. The molecule has 1 aromatic rings. The van der Waals surface area contributed by atoms with Crippen molar-refractivity contribution < 1.29 is 0 Å². The summed E-state index contributed by atoms with van der Waals surface area (Å²) >= 11 is 1.74. The van der Waals surface area contributed by atoms with Crippen molar-refractivity contribution in [2.45, 2.75) is 52.4 Å². The molecule has 0 bridgehead atoms. The second-order valence-electron chi connectivity index (χ2n) is 7.05. The van der Waals surface area contributed by atoms with Crippen LogP contribution in [0.25, 0.3) is 0 Å². The summed E-state index contributed by atoms with van der Waals surface area (Å²) in [5.41, 5.74) is 7.36. The summed E-state index contributed by atoms with van der Waals surface area (Å²) in [5.74, 6) is 1.52. The maximum atomic E-state index is 6.09. The second-order valence-corrected chi connectivity index (χ2v) is 7.91. The van der Waals surface area contributed by atoms with Gasteiger partial charge in [0, 0.05) is 36.9 Å². The molecule has 1 aliphatic heterocycles. The first-order valence-corrected chi connectivity index (χ1v) is 8.74. The number of nitrogens with zero attached hydrogens (tertiary/aromatic N) is 3. The minimum Gasteiger partial charge on any atom is -0.370 e. The molecular formula is C16H28N4S. The summed E-state index contributed by atoms with van der Waals surface area (Å²) in [5, 5.41) is 3.34. The number of aromatic nitrogens is 1. The van der Waals surface area contributed by atoms with E-state index in [9.17, 15) is 0 Å². The summed E-state index contributed by atoms with van der Waals surface area (Å²) in [6.45, 7) is 11.7. The zero-order chi connectivity index (χ0) is 15.5. The molecule has 1 aromatic heterocycles. The Kier molecular flexibility index (Phi) is 5.25. The van der Waals surface area contributed by atoms with Gasteiger partial charge in [0.1, 0.15) is 0 Å². The quantitative estimate of drug-likeness (QED) is 0.690. The molecule has 0 aliphatic carbocycles. The topological polar surface area (TPSA) is 54.5 Å². The maximum absolute atomic E-state index is 6.09. The highest BCUT2D eigenvalue weighted by atomic mass is 32.1. The van der Waals surface area contributed by atoms with Gasteiger partial charge in [0.15, 0.2) is 5.96 Å². The van der Waals surface area contributed by atoms with Crippen LogP contribution in [0.15, 0.2) is 10.4 Å². The monoisotopic (exact) mass is 308 g/mol. The highest BCUT2D eigenvalue weighted by Gasteiger charge is 2.18. The van der Waals surface area contributed by atoms with Gasteiger partial charge in [0.05, 0.1) is 10.7 Å². The number of guanidine groups is 1. The third-order valence-corrected chi connectivity index (χ3v) is 5.26. The van der Waals surface area contributed by atoms with Crippen molar-refractivity contribution in [3.8, 4) is 0 Å². The third kappa shape index (κ3) is 4.70. The fraction of sp³-hybridized carbons (Fsp3) is 0.750. The largest absolute Gasteiger partial charge is 0.370 e. The first-order valence-electron chi connectivity index (χ1n) is 7.86. The highest BCUT2D eigenvalue weighted by Crippen LogP contribution is 2.25. The Morgan fingerprint density at radius 3 is 2.67 bits per heavy atom. The molecule has 118 valence electrons. The Morgan fingerprint density at radius 2 is 2.10 bits per heavy atom. The van der Waals surface area contributed by atoms with Gasteiger partial charge in [0.25, 0.3) is 0 Å². The van der Waals surface area contributed by atoms with E-state index in [-0.39, 0.29) is 5.41 Å². The molecule has 0 amide bonds. The highest BCUT2D eigenvalue weighted by molar-refractivity contribution is 7.09. The van der Waals surface area contributed by atoms with Crippen LogP contribution < -0.4 is 5.73 Å². The van der Waals surface area contributed by atoms with E-state index in [0.29, 0.717) is 5.96 Å². The van der Waals surface area contributed by atoms with Crippen molar-refractivity contribution in [2.24, 2.45) is 16.6 Å². The van der Waals surface area contributed by atoms with Crippen LogP contribution >= 0.6 is 11.3 Å². The van der Waals surface area contributed by atoms with Gasteiger partial charge in [-0.1, -0.05) is 27.7 Å². The molecule has 1 fully saturated rings. The van der Waals surface area contributed by atoms with Crippen molar-refractivity contribution >= 4 is 17.3 Å². The van der Waals surface area contributed by atoms with Crippen LogP contribution in [-0.4, -0.2) is 35.5 Å². The van der Waals surface area contributed by atoms with Gasteiger partial charge in [-0.05, 0) is 18.8 Å². The van der Waals surface area contributed by atoms with E-state index in [4.69, 9.17) is 10.7 Å². The first kappa shape index (κ1) is 16.3. The van der Waals surface area contributed by atoms with Crippen molar-refractivity contribution in [1.82, 2.24) is 9.88 Å². The number of thiazole rings is 1. The molecule has 1 aliphatic rings. The fourth-order valence-electron chi connectivity index (χ4n) is 2.39. The van der Waals surface area contributed by atoms with Crippen LogP contribution in [0.1, 0.15) is 51.2 Å². The smallest absolute Gasteiger partial charge is 0.191 e. The van der Waals surface area contributed by atoms with E-state index >= 15 is 0 Å². The lowest BCUT2D eigenvalue weighted by Crippen LogP contribution is -2.42. The fourth-order valence-corrected chi connectivity index (χ4v) is 3.33. The summed E-state index contributed by atoms with van der Waals surface area (Å²) in [6.07, 6.45) is 3.31. The normalized spacial score (nSPS) is 18.3. The summed E-state index contributed by atoms with van der Waals surface area (Å²) in [4.78, 5) is 11.4. The van der Waals surface area contributed by atoms with Crippen LogP contribution in [0.4, 0.5) is 0 Å². The number of hydrogen-bond acceptors (Lipinski definition) is 3. The van der Waals surface area contributed by atoms with Crippen molar-refractivity contribution in [3.63, 3.8) is 0 Å². The van der Waals surface area contributed by atoms with Crippen molar-refractivity contribution in [3.05, 3.63) is 16.1 Å². The van der Waals surface area contributed by atoms with Crippen LogP contribution in [0.2, 0.25) is 0 Å². The lowest BCUT2D eigenvalue weighted by Gasteiger charge is -2.31. The van der Waals surface area contributed by atoms with E-state index in [1.165, 1.54) is 17.8 Å². The van der Waals surface area contributed by atoms with Crippen molar-refractivity contribution in [1.29, 1.82) is 0 Å². The molecule has 0 atom stereocenters. The third-order valence-electron chi connectivity index (χ3n) is 3.94. The number of hydrogen-bond donors (Lipinski definition) is 1. The minimum absolute atomic E-state index is 0.135. The molecule has 0 spiro atoms. The first-order chi connectivity index (χ1) is 9.86. The summed E-state index contributed by atoms with van der Waals surface area (Å²) in [7, 11) is 0. The number of piperidine rings is 1. The van der Waals surface area contributed by atoms with E-state index in [1.807, 2.05) is 0 Å². The molecule has 5 heteroatoms. The summed E-state index contributed by atoms with van der Waals surface area (Å²) in [6, 6.07) is 0. The molecular weight excluding hydrogens is 280 g/mol. The molecule has 2 heterocycles. The number of aliphatic imine (C=N–C) groups is 1. The van der Waals surface area contributed by atoms with Gasteiger partial charge in [-0.3, -0.25) is 4.99 Å². The lowest BCUT2D eigenvalue weighted by atomic mass is 9.98. The van der Waals surface area contributed by atoms with Crippen LogP contribution in [-0.2, 0) is 11.8 Å². The maximum Gasteiger partial charge on any atom is 0.191 e. The van der Waals surface area contributed by atoms with E-state index in [2.05, 4.69) is 43.0 Å². The SMILES string of the molecule is CC1CCN(C(N)=NCCc2csc(C(C)(C)C)n2)CC1. The number of rotatable bonds is 3. The summed E-state index contributed by atoms with van der Waals surface area (Å²) < 4.78 is 0. The lowest BCUT2D eigenvalue weighted by molar-refractivity contribution is 0.277. The average Bonchev–Trinajstić information content (AvgIpc) is 2.88. The number of nitrogens with two attached hydrogens (primary N) is 1.